The Balaban J connectivity index is 2.01. The number of carbonyl (C=O) groups is 1. The summed E-state index contributed by atoms with van der Waals surface area (Å²) in [7, 11) is 0. The molecular formula is C17H14BrClO3. The molecule has 1 aliphatic rings. The van der Waals surface area contributed by atoms with Crippen molar-refractivity contribution in [3.63, 3.8) is 0 Å². The zero-order valence-corrected chi connectivity index (χ0v) is 14.1. The van der Waals surface area contributed by atoms with Gasteiger partial charge in [0.1, 0.15) is 11.9 Å². The second-order valence-corrected chi connectivity index (χ2v) is 6.33. The van der Waals surface area contributed by atoms with Crippen LogP contribution in [0, 0.1) is 0 Å². The first kappa shape index (κ1) is 15.5. The van der Waals surface area contributed by atoms with Gasteiger partial charge in [-0.15, -0.1) is 0 Å². The van der Waals surface area contributed by atoms with Crippen molar-refractivity contribution in [3.05, 3.63) is 51.5 Å². The molecule has 0 saturated carbocycles. The minimum absolute atomic E-state index is 0.0737. The predicted molar refractivity (Wildman–Crippen MR) is 89.8 cm³/mol. The summed E-state index contributed by atoms with van der Waals surface area (Å²) < 4.78 is 12.2. The van der Waals surface area contributed by atoms with Crippen LogP contribution in [0.4, 0.5) is 0 Å². The Hall–Kier alpha value is -1.36. The lowest BCUT2D eigenvalue weighted by molar-refractivity contribution is 0.112. The van der Waals surface area contributed by atoms with Crippen molar-refractivity contribution in [1.29, 1.82) is 0 Å². The lowest BCUT2D eigenvalue weighted by Gasteiger charge is -2.17. The van der Waals surface area contributed by atoms with E-state index in [1.807, 2.05) is 24.3 Å². The maximum absolute atomic E-state index is 11.0. The highest BCUT2D eigenvalue weighted by molar-refractivity contribution is 9.10. The summed E-state index contributed by atoms with van der Waals surface area (Å²) in [4.78, 5) is 11.0. The summed E-state index contributed by atoms with van der Waals surface area (Å²) in [5, 5.41) is 0.423. The number of hydrogen-bond acceptors (Lipinski definition) is 3. The van der Waals surface area contributed by atoms with Gasteiger partial charge in [-0.1, -0.05) is 45.7 Å². The van der Waals surface area contributed by atoms with E-state index in [0.717, 1.165) is 40.7 Å². The van der Waals surface area contributed by atoms with E-state index in [1.54, 1.807) is 12.1 Å². The summed E-state index contributed by atoms with van der Waals surface area (Å²) in [5.74, 6) is 0.786. The van der Waals surface area contributed by atoms with Crippen LogP contribution in [0.5, 0.6) is 5.75 Å². The highest BCUT2D eigenvalue weighted by atomic mass is 79.9. The number of aldehydes is 1. The van der Waals surface area contributed by atoms with Crippen molar-refractivity contribution in [2.45, 2.75) is 12.5 Å². The molecule has 0 aromatic heterocycles. The van der Waals surface area contributed by atoms with Crippen LogP contribution in [0.15, 0.2) is 40.9 Å². The second kappa shape index (κ2) is 6.82. The minimum Gasteiger partial charge on any atom is -0.487 e. The van der Waals surface area contributed by atoms with Gasteiger partial charge >= 0.3 is 0 Å². The van der Waals surface area contributed by atoms with Gasteiger partial charge in [-0.05, 0) is 18.2 Å². The summed E-state index contributed by atoms with van der Waals surface area (Å²) in [6.45, 7) is 1.34. The molecule has 0 unspecified atom stereocenters. The van der Waals surface area contributed by atoms with Gasteiger partial charge in [-0.2, -0.15) is 0 Å². The van der Waals surface area contributed by atoms with Gasteiger partial charge in [0.2, 0.25) is 0 Å². The van der Waals surface area contributed by atoms with E-state index in [0.29, 0.717) is 17.2 Å². The predicted octanol–water partition coefficient (Wildman–Crippen LogP) is 4.75. The number of rotatable bonds is 4. The number of ether oxygens (including phenoxy) is 2. The maximum atomic E-state index is 11.0. The Morgan fingerprint density at radius 2 is 2.09 bits per heavy atom. The Bertz CT molecular complexity index is 696. The van der Waals surface area contributed by atoms with Gasteiger partial charge in [-0.25, -0.2) is 0 Å². The van der Waals surface area contributed by atoms with E-state index in [-0.39, 0.29) is 6.10 Å². The van der Waals surface area contributed by atoms with E-state index in [4.69, 9.17) is 21.1 Å². The Morgan fingerprint density at radius 3 is 2.82 bits per heavy atom. The van der Waals surface area contributed by atoms with E-state index in [2.05, 4.69) is 15.9 Å². The van der Waals surface area contributed by atoms with E-state index in [9.17, 15) is 4.79 Å². The summed E-state index contributed by atoms with van der Waals surface area (Å²) in [6, 6.07) is 11.3. The van der Waals surface area contributed by atoms with Crippen LogP contribution in [-0.4, -0.2) is 25.6 Å². The monoisotopic (exact) mass is 380 g/mol. The second-order valence-electron chi connectivity index (χ2n) is 5.07. The standard InChI is InChI=1S/C17H14BrClO3/c18-15-7-11(9-20)16(19)8-14(15)13-3-1-2-4-17(13)22-12-5-6-21-10-12/h1-4,7-9,12H,5-6,10H2/t12-/m0/s1. The zero-order valence-electron chi connectivity index (χ0n) is 11.7. The van der Waals surface area contributed by atoms with Crippen molar-refractivity contribution in [3.8, 4) is 16.9 Å². The van der Waals surface area contributed by atoms with E-state index in [1.165, 1.54) is 0 Å². The zero-order chi connectivity index (χ0) is 15.5. The Morgan fingerprint density at radius 1 is 1.27 bits per heavy atom. The lowest BCUT2D eigenvalue weighted by Crippen LogP contribution is -2.16. The molecule has 2 aromatic carbocycles. The van der Waals surface area contributed by atoms with Crippen LogP contribution < -0.4 is 4.74 Å². The van der Waals surface area contributed by atoms with E-state index < -0.39 is 0 Å². The quantitative estimate of drug-likeness (QED) is 0.717. The summed E-state index contributed by atoms with van der Waals surface area (Å²) in [5.41, 5.74) is 2.28. The molecule has 0 aliphatic carbocycles. The number of carbonyl (C=O) groups excluding carboxylic acids is 1. The normalized spacial score (nSPS) is 17.5. The largest absolute Gasteiger partial charge is 0.487 e. The average Bonchev–Trinajstić information content (AvgIpc) is 3.03. The molecule has 114 valence electrons. The van der Waals surface area contributed by atoms with Gasteiger partial charge in [0.05, 0.1) is 18.2 Å². The molecule has 0 N–H and O–H groups in total. The lowest BCUT2D eigenvalue weighted by atomic mass is 10.0. The van der Waals surface area contributed by atoms with Gasteiger partial charge in [-0.3, -0.25) is 4.79 Å². The molecule has 1 fully saturated rings. The van der Waals surface area contributed by atoms with Crippen LogP contribution in [-0.2, 0) is 4.74 Å². The van der Waals surface area contributed by atoms with Crippen LogP contribution >= 0.6 is 27.5 Å². The highest BCUT2D eigenvalue weighted by Crippen LogP contribution is 2.38. The van der Waals surface area contributed by atoms with Crippen molar-refractivity contribution in [2.75, 3.05) is 13.2 Å². The van der Waals surface area contributed by atoms with Gasteiger partial charge in [0.25, 0.3) is 0 Å². The smallest absolute Gasteiger partial charge is 0.151 e. The first-order valence-corrected chi connectivity index (χ1v) is 8.14. The molecule has 1 heterocycles. The molecule has 0 amide bonds. The van der Waals surface area contributed by atoms with Gasteiger partial charge < -0.3 is 9.47 Å². The fourth-order valence-corrected chi connectivity index (χ4v) is 3.22. The average molecular weight is 382 g/mol. The first-order chi connectivity index (χ1) is 10.7. The first-order valence-electron chi connectivity index (χ1n) is 6.97. The number of para-hydroxylation sites is 1. The third-order valence-corrected chi connectivity index (χ3v) is 4.56. The van der Waals surface area contributed by atoms with Crippen molar-refractivity contribution < 1.29 is 14.3 Å². The summed E-state index contributed by atoms with van der Waals surface area (Å²) >= 11 is 9.67. The third kappa shape index (κ3) is 3.19. The molecule has 1 saturated heterocycles. The molecule has 2 aromatic rings. The third-order valence-electron chi connectivity index (χ3n) is 3.57. The molecule has 5 heteroatoms. The van der Waals surface area contributed by atoms with Crippen LogP contribution in [0.2, 0.25) is 5.02 Å². The molecule has 1 aliphatic heterocycles. The number of hydrogen-bond donors (Lipinski definition) is 0. The topological polar surface area (TPSA) is 35.5 Å². The molecule has 3 nitrogen and oxygen atoms in total. The minimum atomic E-state index is 0.0737. The maximum Gasteiger partial charge on any atom is 0.151 e. The summed E-state index contributed by atoms with van der Waals surface area (Å²) in [6.07, 6.45) is 1.71. The fourth-order valence-electron chi connectivity index (χ4n) is 2.44. The van der Waals surface area contributed by atoms with E-state index >= 15 is 0 Å². The van der Waals surface area contributed by atoms with Crippen molar-refractivity contribution in [2.24, 2.45) is 0 Å². The molecule has 3 rings (SSSR count). The molecule has 0 bridgehead atoms. The molecule has 1 atom stereocenters. The SMILES string of the molecule is O=Cc1cc(Br)c(-c2ccccc2O[C@H]2CCOC2)cc1Cl. The van der Waals surface area contributed by atoms with Crippen molar-refractivity contribution in [1.82, 2.24) is 0 Å². The fraction of sp³-hybridized carbons (Fsp3) is 0.235. The molecule has 22 heavy (non-hydrogen) atoms. The highest BCUT2D eigenvalue weighted by Gasteiger charge is 2.20. The molecular weight excluding hydrogens is 368 g/mol. The van der Waals surface area contributed by atoms with Gasteiger partial charge in [0, 0.05) is 27.6 Å². The Kier molecular flexibility index (Phi) is 4.81. The number of benzene rings is 2. The number of halogens is 2. The Labute approximate surface area is 142 Å². The van der Waals surface area contributed by atoms with Crippen LogP contribution in [0.25, 0.3) is 11.1 Å². The van der Waals surface area contributed by atoms with Crippen molar-refractivity contribution >= 4 is 33.8 Å². The van der Waals surface area contributed by atoms with Crippen LogP contribution in [0.1, 0.15) is 16.8 Å². The molecule has 0 radical (unpaired) electrons. The molecule has 0 spiro atoms. The van der Waals surface area contributed by atoms with Crippen LogP contribution in [0.3, 0.4) is 0 Å². The van der Waals surface area contributed by atoms with Gasteiger partial charge in [0.15, 0.2) is 6.29 Å².